The van der Waals surface area contributed by atoms with Gasteiger partial charge in [-0.15, -0.1) is 0 Å². The molecule has 24 heavy (non-hydrogen) atoms. The van der Waals surface area contributed by atoms with E-state index in [1.165, 1.54) is 31.4 Å². The number of anilines is 1. The van der Waals surface area contributed by atoms with E-state index in [0.29, 0.717) is 34.4 Å². The Morgan fingerprint density at radius 1 is 1.33 bits per heavy atom. The smallest absolute Gasteiger partial charge is 0.248 e. The van der Waals surface area contributed by atoms with Gasteiger partial charge in [-0.1, -0.05) is 17.7 Å². The van der Waals surface area contributed by atoms with Crippen LogP contribution in [0.15, 0.2) is 42.5 Å². The monoisotopic (exact) mass is 349 g/mol. The summed E-state index contributed by atoms with van der Waals surface area (Å²) >= 11 is 6.15. The highest BCUT2D eigenvalue weighted by Crippen LogP contribution is 2.36. The molecule has 0 fully saturated rings. The van der Waals surface area contributed by atoms with E-state index in [2.05, 4.69) is 5.32 Å². The summed E-state index contributed by atoms with van der Waals surface area (Å²) < 4.78 is 23.8. The normalized spacial score (nSPS) is 10.7. The SMILES string of the molecule is CCOc1cc(/C=C/C(=O)Nc2cccc(F)c2)cc(Cl)c1OC. The molecule has 0 spiro atoms. The first-order valence-corrected chi connectivity index (χ1v) is 7.66. The first-order valence-electron chi connectivity index (χ1n) is 7.28. The van der Waals surface area contributed by atoms with Crippen molar-refractivity contribution in [1.82, 2.24) is 0 Å². The number of rotatable bonds is 6. The first kappa shape index (κ1) is 17.8. The molecule has 4 nitrogen and oxygen atoms in total. The quantitative estimate of drug-likeness (QED) is 0.779. The van der Waals surface area contributed by atoms with E-state index >= 15 is 0 Å². The van der Waals surface area contributed by atoms with Crippen molar-refractivity contribution < 1.29 is 18.7 Å². The lowest BCUT2D eigenvalue weighted by Gasteiger charge is -2.11. The summed E-state index contributed by atoms with van der Waals surface area (Å²) in [6, 6.07) is 9.05. The van der Waals surface area contributed by atoms with Crippen LogP contribution in [-0.4, -0.2) is 19.6 Å². The average Bonchev–Trinajstić information content (AvgIpc) is 2.53. The van der Waals surface area contributed by atoms with E-state index in [4.69, 9.17) is 21.1 Å². The molecule has 0 atom stereocenters. The van der Waals surface area contributed by atoms with Crippen molar-refractivity contribution in [1.29, 1.82) is 0 Å². The van der Waals surface area contributed by atoms with Gasteiger partial charge >= 0.3 is 0 Å². The van der Waals surface area contributed by atoms with Crippen LogP contribution in [-0.2, 0) is 4.79 Å². The largest absolute Gasteiger partial charge is 0.491 e. The third kappa shape index (κ3) is 4.73. The molecule has 0 aromatic heterocycles. The van der Waals surface area contributed by atoms with Crippen LogP contribution in [0.2, 0.25) is 5.02 Å². The summed E-state index contributed by atoms with van der Waals surface area (Å²) in [5.41, 5.74) is 1.06. The molecule has 6 heteroatoms. The molecule has 0 aliphatic carbocycles. The minimum Gasteiger partial charge on any atom is -0.491 e. The molecule has 0 aliphatic rings. The van der Waals surface area contributed by atoms with E-state index in [-0.39, 0.29) is 5.91 Å². The third-order valence-corrected chi connectivity index (χ3v) is 3.34. The Bertz CT molecular complexity index is 762. The summed E-state index contributed by atoms with van der Waals surface area (Å²) in [6.45, 7) is 2.31. The molecule has 2 aromatic rings. The van der Waals surface area contributed by atoms with Crippen molar-refractivity contribution >= 4 is 29.3 Å². The number of benzene rings is 2. The molecule has 2 rings (SSSR count). The van der Waals surface area contributed by atoms with Crippen molar-refractivity contribution in [3.8, 4) is 11.5 Å². The van der Waals surface area contributed by atoms with E-state index < -0.39 is 5.82 Å². The minimum absolute atomic E-state index is 0.382. The Morgan fingerprint density at radius 3 is 2.79 bits per heavy atom. The number of ether oxygens (including phenoxy) is 2. The lowest BCUT2D eigenvalue weighted by Crippen LogP contribution is -2.07. The lowest BCUT2D eigenvalue weighted by atomic mass is 10.2. The van der Waals surface area contributed by atoms with Crippen molar-refractivity contribution in [2.24, 2.45) is 0 Å². The Labute approximate surface area is 144 Å². The van der Waals surface area contributed by atoms with Crippen molar-refractivity contribution in [2.45, 2.75) is 6.92 Å². The van der Waals surface area contributed by atoms with Crippen LogP contribution in [0.5, 0.6) is 11.5 Å². The molecule has 126 valence electrons. The van der Waals surface area contributed by atoms with Gasteiger partial charge in [0, 0.05) is 11.8 Å². The number of methoxy groups -OCH3 is 1. The van der Waals surface area contributed by atoms with Crippen molar-refractivity contribution in [3.63, 3.8) is 0 Å². The van der Waals surface area contributed by atoms with Crippen LogP contribution in [0.1, 0.15) is 12.5 Å². The van der Waals surface area contributed by atoms with Crippen LogP contribution in [0, 0.1) is 5.82 Å². The van der Waals surface area contributed by atoms with Crippen LogP contribution < -0.4 is 14.8 Å². The summed E-state index contributed by atoms with van der Waals surface area (Å²) in [5.74, 6) is 0.142. The van der Waals surface area contributed by atoms with E-state index in [1.54, 1.807) is 24.3 Å². The number of carbonyl (C=O) groups excluding carboxylic acids is 1. The van der Waals surface area contributed by atoms with Gasteiger partial charge in [-0.05, 0) is 48.9 Å². The minimum atomic E-state index is -0.417. The number of carbonyl (C=O) groups is 1. The van der Waals surface area contributed by atoms with Gasteiger partial charge < -0.3 is 14.8 Å². The molecule has 0 saturated carbocycles. The Kier molecular flexibility index (Phi) is 6.21. The summed E-state index contributed by atoms with van der Waals surface area (Å²) in [5, 5.41) is 2.96. The van der Waals surface area contributed by atoms with Crippen molar-refractivity contribution in [3.05, 3.63) is 58.9 Å². The highest BCUT2D eigenvalue weighted by molar-refractivity contribution is 6.32. The summed E-state index contributed by atoms with van der Waals surface area (Å²) in [7, 11) is 1.51. The van der Waals surface area contributed by atoms with Gasteiger partial charge in [-0.25, -0.2) is 4.39 Å². The Hall–Kier alpha value is -2.53. The highest BCUT2D eigenvalue weighted by atomic mass is 35.5. The molecule has 2 aromatic carbocycles. The zero-order valence-corrected chi connectivity index (χ0v) is 14.1. The molecule has 0 saturated heterocycles. The van der Waals surface area contributed by atoms with E-state index in [9.17, 15) is 9.18 Å². The third-order valence-electron chi connectivity index (χ3n) is 3.06. The average molecular weight is 350 g/mol. The molecule has 0 radical (unpaired) electrons. The molecule has 0 bridgehead atoms. The number of hydrogen-bond acceptors (Lipinski definition) is 3. The second-order valence-corrected chi connectivity index (χ2v) is 5.21. The maximum Gasteiger partial charge on any atom is 0.248 e. The fraction of sp³-hybridized carbons (Fsp3) is 0.167. The first-order chi connectivity index (χ1) is 11.5. The molecule has 1 N–H and O–H groups in total. The van der Waals surface area contributed by atoms with E-state index in [1.807, 2.05) is 6.92 Å². The maximum absolute atomic E-state index is 13.1. The van der Waals surface area contributed by atoms with Gasteiger partial charge in [-0.2, -0.15) is 0 Å². The predicted octanol–water partition coefficient (Wildman–Crippen LogP) is 4.54. The Balaban J connectivity index is 2.14. The Morgan fingerprint density at radius 2 is 2.12 bits per heavy atom. The van der Waals surface area contributed by atoms with E-state index in [0.717, 1.165) is 0 Å². The van der Waals surface area contributed by atoms with Crippen LogP contribution >= 0.6 is 11.6 Å². The maximum atomic E-state index is 13.1. The standard InChI is InChI=1S/C18H17ClFNO3/c1-3-24-16-10-12(9-15(19)18(16)23-2)7-8-17(22)21-14-6-4-5-13(20)11-14/h4-11H,3H2,1-2H3,(H,21,22)/b8-7+. The molecule has 0 aliphatic heterocycles. The van der Waals surface area contributed by atoms with Gasteiger partial charge in [0.25, 0.3) is 0 Å². The highest BCUT2D eigenvalue weighted by Gasteiger charge is 2.10. The molecular weight excluding hydrogens is 333 g/mol. The van der Waals surface area contributed by atoms with Gasteiger partial charge in [0.2, 0.25) is 5.91 Å². The molecular formula is C18H17ClFNO3. The second kappa shape index (κ2) is 8.36. The van der Waals surface area contributed by atoms with Gasteiger partial charge in [0.05, 0.1) is 18.7 Å². The van der Waals surface area contributed by atoms with Crippen LogP contribution in [0.3, 0.4) is 0 Å². The summed E-state index contributed by atoms with van der Waals surface area (Å²) in [6.07, 6.45) is 2.92. The van der Waals surface area contributed by atoms with Crippen molar-refractivity contribution in [2.75, 3.05) is 19.0 Å². The number of amides is 1. The zero-order chi connectivity index (χ0) is 17.5. The number of nitrogens with one attached hydrogen (secondary N) is 1. The molecule has 1 amide bonds. The lowest BCUT2D eigenvalue weighted by molar-refractivity contribution is -0.111. The van der Waals surface area contributed by atoms with Crippen LogP contribution in [0.4, 0.5) is 10.1 Å². The van der Waals surface area contributed by atoms with Crippen LogP contribution in [0.25, 0.3) is 6.08 Å². The summed E-state index contributed by atoms with van der Waals surface area (Å²) in [4.78, 5) is 11.9. The van der Waals surface area contributed by atoms with Gasteiger partial charge in [-0.3, -0.25) is 4.79 Å². The molecule has 0 unspecified atom stereocenters. The fourth-order valence-corrected chi connectivity index (χ4v) is 2.36. The fourth-order valence-electron chi connectivity index (χ4n) is 2.07. The number of hydrogen-bond donors (Lipinski definition) is 1. The zero-order valence-electron chi connectivity index (χ0n) is 13.3. The van der Waals surface area contributed by atoms with Gasteiger partial charge in [0.1, 0.15) is 5.82 Å². The second-order valence-electron chi connectivity index (χ2n) is 4.80. The predicted molar refractivity (Wildman–Crippen MR) is 93.2 cm³/mol. The number of halogens is 2. The van der Waals surface area contributed by atoms with Gasteiger partial charge in [0.15, 0.2) is 11.5 Å². The topological polar surface area (TPSA) is 47.6 Å². The molecule has 0 heterocycles.